The number of hydrogen-bond acceptors (Lipinski definition) is 4. The lowest BCUT2D eigenvalue weighted by molar-refractivity contribution is -0.158. The van der Waals surface area contributed by atoms with Crippen LogP contribution in [0.1, 0.15) is 40.7 Å². The lowest BCUT2D eigenvalue weighted by atomic mass is 9.83. The average molecular weight is 350 g/mol. The molecule has 0 aromatic heterocycles. The summed E-state index contributed by atoms with van der Waals surface area (Å²) in [5.41, 5.74) is -1.18. The van der Waals surface area contributed by atoms with Crippen molar-refractivity contribution < 1.29 is 24.2 Å². The van der Waals surface area contributed by atoms with Crippen molar-refractivity contribution in [1.82, 2.24) is 0 Å². The van der Waals surface area contributed by atoms with E-state index in [0.29, 0.717) is 16.9 Å². The van der Waals surface area contributed by atoms with E-state index in [1.807, 2.05) is 19.1 Å². The molecule has 2 aliphatic rings. The number of hydrogen-bond donors (Lipinski definition) is 1. The Hall–Kier alpha value is -2.95. The highest BCUT2D eigenvalue weighted by Crippen LogP contribution is 2.79. The van der Waals surface area contributed by atoms with Crippen molar-refractivity contribution in [1.29, 1.82) is 0 Å². The second-order valence-electron chi connectivity index (χ2n) is 6.99. The van der Waals surface area contributed by atoms with Gasteiger partial charge < -0.3 is 9.84 Å². The molecule has 1 aliphatic carbocycles. The summed E-state index contributed by atoms with van der Waals surface area (Å²) in [4.78, 5) is 38.5. The quantitative estimate of drug-likeness (QED) is 0.396. The zero-order chi connectivity index (χ0) is 18.7. The van der Waals surface area contributed by atoms with E-state index in [9.17, 15) is 19.5 Å². The van der Waals surface area contributed by atoms with Crippen LogP contribution in [0.2, 0.25) is 0 Å². The molecule has 1 aliphatic heterocycles. The van der Waals surface area contributed by atoms with E-state index in [2.05, 4.69) is 0 Å². The molecule has 1 N–H and O–H groups in total. The maximum atomic E-state index is 13.4. The van der Waals surface area contributed by atoms with Gasteiger partial charge in [-0.05, 0) is 19.4 Å². The van der Waals surface area contributed by atoms with Crippen LogP contribution in [0, 0.1) is 17.8 Å². The number of aryl methyl sites for hydroxylation is 1. The number of ether oxygens (including phenoxy) is 1. The van der Waals surface area contributed by atoms with Crippen LogP contribution in [0.4, 0.5) is 0 Å². The van der Waals surface area contributed by atoms with Gasteiger partial charge in [-0.15, -0.1) is 0 Å². The van der Waals surface area contributed by atoms with Gasteiger partial charge in [0.25, 0.3) is 0 Å². The van der Waals surface area contributed by atoms with Gasteiger partial charge in [0.2, 0.25) is 0 Å². The minimum atomic E-state index is -1.86. The summed E-state index contributed by atoms with van der Waals surface area (Å²) in [6.45, 7) is 3.66. The maximum absolute atomic E-state index is 13.4. The number of carboxylic acids is 1. The normalized spacial score (nSPS) is 28.5. The Labute approximate surface area is 150 Å². The Kier molecular flexibility index (Phi) is 3.35. The van der Waals surface area contributed by atoms with Crippen LogP contribution in [0.5, 0.6) is 5.75 Å². The lowest BCUT2D eigenvalue weighted by Crippen LogP contribution is -2.39. The van der Waals surface area contributed by atoms with Gasteiger partial charge >= 0.3 is 11.9 Å². The van der Waals surface area contributed by atoms with E-state index in [1.165, 1.54) is 0 Å². The van der Waals surface area contributed by atoms with Crippen LogP contribution < -0.4 is 4.74 Å². The standard InChI is InChI=1S/C21H18O5/c1-3-20(17(22)13-10-8-12(2)9-11-13)16-14-6-4-5-7-15(14)26-19(25)21(16,20)18(23)24/h4-11,16H,3H2,1-2H3,(H,23,24)/t16-,20-,21+/m0/s1. The van der Waals surface area contributed by atoms with Crippen molar-refractivity contribution in [3.05, 3.63) is 65.2 Å². The lowest BCUT2D eigenvalue weighted by Gasteiger charge is -2.20. The molecule has 0 unspecified atom stereocenters. The van der Waals surface area contributed by atoms with Crippen molar-refractivity contribution in [2.24, 2.45) is 10.8 Å². The Morgan fingerprint density at radius 3 is 2.38 bits per heavy atom. The minimum absolute atomic E-state index is 0.236. The zero-order valence-corrected chi connectivity index (χ0v) is 14.5. The molecule has 132 valence electrons. The summed E-state index contributed by atoms with van der Waals surface area (Å²) in [6, 6.07) is 13.8. The van der Waals surface area contributed by atoms with Gasteiger partial charge in [-0.25, -0.2) is 0 Å². The zero-order valence-electron chi connectivity index (χ0n) is 14.5. The molecular formula is C21H18O5. The molecule has 0 bridgehead atoms. The topological polar surface area (TPSA) is 80.7 Å². The fraction of sp³-hybridized carbons (Fsp3) is 0.286. The van der Waals surface area contributed by atoms with E-state index < -0.39 is 28.7 Å². The number of carbonyl (C=O) groups excluding carboxylic acids is 2. The monoisotopic (exact) mass is 350 g/mol. The molecule has 26 heavy (non-hydrogen) atoms. The van der Waals surface area contributed by atoms with Gasteiger partial charge in [-0.2, -0.15) is 0 Å². The van der Waals surface area contributed by atoms with Crippen molar-refractivity contribution >= 4 is 17.7 Å². The summed E-state index contributed by atoms with van der Waals surface area (Å²) in [5.74, 6) is -2.85. The first-order chi connectivity index (χ1) is 12.4. The number of aliphatic carboxylic acids is 1. The molecule has 3 atom stereocenters. The highest BCUT2D eigenvalue weighted by atomic mass is 16.5. The van der Waals surface area contributed by atoms with E-state index in [4.69, 9.17) is 4.74 Å². The molecule has 5 nitrogen and oxygen atoms in total. The number of carboxylic acid groups (broad SMARTS) is 1. The van der Waals surface area contributed by atoms with Gasteiger partial charge in [-0.3, -0.25) is 14.4 Å². The molecule has 4 rings (SSSR count). The Balaban J connectivity index is 1.93. The highest BCUT2D eigenvalue weighted by Gasteiger charge is 2.89. The van der Waals surface area contributed by atoms with Crippen LogP contribution >= 0.6 is 0 Å². The Morgan fingerprint density at radius 1 is 1.12 bits per heavy atom. The SMILES string of the molecule is CC[C@@]1(C(=O)c2ccc(C)cc2)[C@@H]2c3ccccc3OC(=O)[C@]21C(=O)O. The number of esters is 1. The first-order valence-electron chi connectivity index (χ1n) is 8.57. The number of benzene rings is 2. The molecule has 5 heteroatoms. The third-order valence-corrected chi connectivity index (χ3v) is 5.91. The summed E-state index contributed by atoms with van der Waals surface area (Å²) in [7, 11) is 0. The van der Waals surface area contributed by atoms with E-state index in [-0.39, 0.29) is 12.2 Å². The largest absolute Gasteiger partial charge is 0.480 e. The fourth-order valence-electron chi connectivity index (χ4n) is 4.64. The maximum Gasteiger partial charge on any atom is 0.330 e. The average Bonchev–Trinajstić information content (AvgIpc) is 3.29. The van der Waals surface area contributed by atoms with Gasteiger partial charge in [0.05, 0.1) is 5.41 Å². The van der Waals surface area contributed by atoms with Crippen LogP contribution in [-0.2, 0) is 9.59 Å². The molecule has 1 heterocycles. The van der Waals surface area contributed by atoms with Crippen molar-refractivity contribution in [2.75, 3.05) is 0 Å². The number of fused-ring (bicyclic) bond motifs is 3. The first-order valence-corrected chi connectivity index (χ1v) is 8.57. The predicted octanol–water partition coefficient (Wildman–Crippen LogP) is 3.36. The molecule has 1 saturated carbocycles. The number of para-hydroxylation sites is 1. The number of rotatable bonds is 4. The van der Waals surface area contributed by atoms with Crippen LogP contribution in [-0.4, -0.2) is 22.8 Å². The molecule has 2 aromatic carbocycles. The third kappa shape index (κ3) is 1.72. The van der Waals surface area contributed by atoms with Gasteiger partial charge in [-0.1, -0.05) is 55.0 Å². The molecule has 0 spiro atoms. The molecule has 0 radical (unpaired) electrons. The number of ketones is 1. The van der Waals surface area contributed by atoms with Gasteiger partial charge in [0.15, 0.2) is 11.2 Å². The van der Waals surface area contributed by atoms with Crippen molar-refractivity contribution in [2.45, 2.75) is 26.2 Å². The third-order valence-electron chi connectivity index (χ3n) is 5.91. The summed E-state index contributed by atoms with van der Waals surface area (Å²) in [6.07, 6.45) is 0.236. The Bertz CT molecular complexity index is 945. The molecule has 0 amide bonds. The smallest absolute Gasteiger partial charge is 0.330 e. The van der Waals surface area contributed by atoms with Crippen LogP contribution in [0.15, 0.2) is 48.5 Å². The second kappa shape index (κ2) is 5.27. The van der Waals surface area contributed by atoms with E-state index >= 15 is 0 Å². The summed E-state index contributed by atoms with van der Waals surface area (Å²) < 4.78 is 5.34. The van der Waals surface area contributed by atoms with Gasteiger partial charge in [0.1, 0.15) is 5.75 Å². The molecular weight excluding hydrogens is 332 g/mol. The van der Waals surface area contributed by atoms with Crippen molar-refractivity contribution in [3.63, 3.8) is 0 Å². The minimum Gasteiger partial charge on any atom is -0.480 e. The van der Waals surface area contributed by atoms with Crippen LogP contribution in [0.25, 0.3) is 0 Å². The predicted molar refractivity (Wildman–Crippen MR) is 93.1 cm³/mol. The van der Waals surface area contributed by atoms with E-state index in [1.54, 1.807) is 43.3 Å². The summed E-state index contributed by atoms with van der Waals surface area (Å²) in [5, 5.41) is 9.99. The summed E-state index contributed by atoms with van der Waals surface area (Å²) >= 11 is 0. The first kappa shape index (κ1) is 16.5. The van der Waals surface area contributed by atoms with Gasteiger partial charge in [0, 0.05) is 17.0 Å². The number of carbonyl (C=O) groups is 3. The number of Topliss-reactive ketones (excluding diaryl/α,β-unsaturated/α-hetero) is 1. The molecule has 0 saturated heterocycles. The van der Waals surface area contributed by atoms with Crippen LogP contribution in [0.3, 0.4) is 0 Å². The fourth-order valence-corrected chi connectivity index (χ4v) is 4.64. The second-order valence-corrected chi connectivity index (χ2v) is 6.99. The van der Waals surface area contributed by atoms with Crippen molar-refractivity contribution in [3.8, 4) is 5.75 Å². The molecule has 1 fully saturated rings. The highest BCUT2D eigenvalue weighted by molar-refractivity contribution is 6.19. The Morgan fingerprint density at radius 2 is 1.77 bits per heavy atom. The molecule has 2 aromatic rings. The van der Waals surface area contributed by atoms with E-state index in [0.717, 1.165) is 5.56 Å².